The Morgan fingerprint density at radius 2 is 1.89 bits per heavy atom. The Morgan fingerprint density at radius 1 is 1.22 bits per heavy atom. The van der Waals surface area contributed by atoms with Gasteiger partial charge in [-0.05, 0) is 50.1 Å². The standard InChI is InChI=1S/C15H17BrOS/c1-4-17-13-7-5-12(6-8-13)15(16)14-9-10(2)11(3)18-14/h5-9,15H,4H2,1-3H3. The predicted molar refractivity (Wildman–Crippen MR) is 82.2 cm³/mol. The molecule has 0 radical (unpaired) electrons. The summed E-state index contributed by atoms with van der Waals surface area (Å²) in [5.41, 5.74) is 2.63. The molecule has 1 nitrogen and oxygen atoms in total. The Balaban J connectivity index is 2.20. The number of rotatable bonds is 4. The molecule has 1 unspecified atom stereocenters. The maximum atomic E-state index is 5.46. The van der Waals surface area contributed by atoms with Crippen LogP contribution in [0.3, 0.4) is 0 Å². The first-order valence-electron chi connectivity index (χ1n) is 6.05. The highest BCUT2D eigenvalue weighted by atomic mass is 79.9. The summed E-state index contributed by atoms with van der Waals surface area (Å²) >= 11 is 5.63. The highest BCUT2D eigenvalue weighted by molar-refractivity contribution is 9.09. The fourth-order valence-electron chi connectivity index (χ4n) is 1.79. The molecule has 0 amide bonds. The maximum absolute atomic E-state index is 5.46. The van der Waals surface area contributed by atoms with E-state index in [0.29, 0.717) is 6.61 Å². The third-order valence-electron chi connectivity index (χ3n) is 2.92. The van der Waals surface area contributed by atoms with Crippen LogP contribution in [0.2, 0.25) is 0 Å². The van der Waals surface area contributed by atoms with Gasteiger partial charge in [-0.15, -0.1) is 11.3 Å². The van der Waals surface area contributed by atoms with Crippen molar-refractivity contribution in [3.8, 4) is 5.75 Å². The number of hydrogen-bond donors (Lipinski definition) is 0. The summed E-state index contributed by atoms with van der Waals surface area (Å²) in [7, 11) is 0. The van der Waals surface area contributed by atoms with E-state index in [1.165, 1.54) is 20.9 Å². The molecular weight excluding hydrogens is 308 g/mol. The Bertz CT molecular complexity index is 496. The molecule has 0 aliphatic carbocycles. The lowest BCUT2D eigenvalue weighted by Gasteiger charge is -2.09. The van der Waals surface area contributed by atoms with Crippen molar-refractivity contribution in [1.29, 1.82) is 0 Å². The molecule has 0 aliphatic rings. The number of alkyl halides is 1. The van der Waals surface area contributed by atoms with Gasteiger partial charge < -0.3 is 4.74 Å². The minimum atomic E-state index is 0.269. The van der Waals surface area contributed by atoms with Crippen LogP contribution in [-0.4, -0.2) is 6.61 Å². The Hall–Kier alpha value is -0.800. The van der Waals surface area contributed by atoms with E-state index < -0.39 is 0 Å². The lowest BCUT2D eigenvalue weighted by atomic mass is 10.1. The van der Waals surface area contributed by atoms with Crippen LogP contribution in [0, 0.1) is 13.8 Å². The zero-order valence-electron chi connectivity index (χ0n) is 10.9. The Morgan fingerprint density at radius 3 is 2.39 bits per heavy atom. The normalized spacial score (nSPS) is 12.4. The summed E-state index contributed by atoms with van der Waals surface area (Å²) in [6.07, 6.45) is 0. The molecule has 0 aliphatic heterocycles. The fraction of sp³-hybridized carbons (Fsp3) is 0.333. The first kappa shape index (κ1) is 13.6. The highest BCUT2D eigenvalue weighted by Gasteiger charge is 2.13. The molecule has 0 spiro atoms. The van der Waals surface area contributed by atoms with E-state index in [1.807, 2.05) is 30.4 Å². The van der Waals surface area contributed by atoms with Gasteiger partial charge in [0, 0.05) is 9.75 Å². The van der Waals surface area contributed by atoms with E-state index in [9.17, 15) is 0 Å². The molecular formula is C15H17BrOS. The molecule has 0 N–H and O–H groups in total. The van der Waals surface area contributed by atoms with Gasteiger partial charge in [0.2, 0.25) is 0 Å². The smallest absolute Gasteiger partial charge is 0.119 e. The van der Waals surface area contributed by atoms with E-state index in [1.54, 1.807) is 0 Å². The molecule has 96 valence electrons. The third kappa shape index (κ3) is 2.96. The highest BCUT2D eigenvalue weighted by Crippen LogP contribution is 2.37. The second-order valence-electron chi connectivity index (χ2n) is 4.25. The molecule has 2 rings (SSSR count). The monoisotopic (exact) mass is 324 g/mol. The molecule has 1 atom stereocenters. The largest absolute Gasteiger partial charge is 0.494 e. The average molecular weight is 325 g/mol. The summed E-state index contributed by atoms with van der Waals surface area (Å²) in [5, 5.41) is 0. The molecule has 1 heterocycles. The number of hydrogen-bond acceptors (Lipinski definition) is 2. The van der Waals surface area contributed by atoms with Gasteiger partial charge in [-0.25, -0.2) is 0 Å². The summed E-state index contributed by atoms with van der Waals surface area (Å²) in [5.74, 6) is 0.930. The van der Waals surface area contributed by atoms with Crippen molar-refractivity contribution in [1.82, 2.24) is 0 Å². The summed E-state index contributed by atoms with van der Waals surface area (Å²) < 4.78 is 5.46. The number of thiophene rings is 1. The second-order valence-corrected chi connectivity index (χ2v) is 6.46. The first-order chi connectivity index (χ1) is 8.61. The topological polar surface area (TPSA) is 9.23 Å². The minimum absolute atomic E-state index is 0.269. The average Bonchev–Trinajstić information content (AvgIpc) is 2.70. The molecule has 0 bridgehead atoms. The molecule has 0 saturated heterocycles. The predicted octanol–water partition coefficient (Wildman–Crippen LogP) is 5.25. The zero-order valence-corrected chi connectivity index (χ0v) is 13.3. The van der Waals surface area contributed by atoms with Gasteiger partial charge in [-0.1, -0.05) is 28.1 Å². The summed E-state index contributed by atoms with van der Waals surface area (Å²) in [6, 6.07) is 10.6. The van der Waals surface area contributed by atoms with Crippen molar-refractivity contribution in [2.24, 2.45) is 0 Å². The van der Waals surface area contributed by atoms with Crippen LogP contribution in [0.1, 0.15) is 32.6 Å². The summed E-state index contributed by atoms with van der Waals surface area (Å²) in [6.45, 7) is 7.04. The van der Waals surface area contributed by atoms with Crippen LogP contribution in [0.5, 0.6) is 5.75 Å². The van der Waals surface area contributed by atoms with Crippen molar-refractivity contribution >= 4 is 27.3 Å². The lowest BCUT2D eigenvalue weighted by molar-refractivity contribution is 0.340. The Kier molecular flexibility index (Phi) is 4.46. The molecule has 18 heavy (non-hydrogen) atoms. The molecule has 3 heteroatoms. The van der Waals surface area contributed by atoms with Gasteiger partial charge in [0.1, 0.15) is 5.75 Å². The van der Waals surface area contributed by atoms with E-state index in [0.717, 1.165) is 5.75 Å². The second kappa shape index (κ2) is 5.89. The van der Waals surface area contributed by atoms with Gasteiger partial charge in [0.15, 0.2) is 0 Å². The molecule has 1 aromatic carbocycles. The van der Waals surface area contributed by atoms with E-state index >= 15 is 0 Å². The minimum Gasteiger partial charge on any atom is -0.494 e. The van der Waals surface area contributed by atoms with E-state index in [4.69, 9.17) is 4.74 Å². The van der Waals surface area contributed by atoms with Crippen molar-refractivity contribution in [3.05, 3.63) is 51.2 Å². The van der Waals surface area contributed by atoms with Crippen LogP contribution < -0.4 is 4.74 Å². The van der Waals surface area contributed by atoms with Crippen molar-refractivity contribution in [3.63, 3.8) is 0 Å². The van der Waals surface area contributed by atoms with Crippen molar-refractivity contribution in [2.75, 3.05) is 6.61 Å². The summed E-state index contributed by atoms with van der Waals surface area (Å²) in [4.78, 5) is 3.01. The molecule has 0 saturated carbocycles. The van der Waals surface area contributed by atoms with Crippen LogP contribution in [0.15, 0.2) is 30.3 Å². The van der Waals surface area contributed by atoms with Crippen LogP contribution in [0.4, 0.5) is 0 Å². The van der Waals surface area contributed by atoms with Gasteiger partial charge in [0.05, 0.1) is 11.4 Å². The number of halogens is 1. The third-order valence-corrected chi connectivity index (χ3v) is 5.46. The number of benzene rings is 1. The van der Waals surface area contributed by atoms with E-state index in [2.05, 4.69) is 48.0 Å². The Labute approximate surface area is 121 Å². The van der Waals surface area contributed by atoms with Crippen molar-refractivity contribution in [2.45, 2.75) is 25.6 Å². The van der Waals surface area contributed by atoms with E-state index in [-0.39, 0.29) is 4.83 Å². The maximum Gasteiger partial charge on any atom is 0.119 e. The van der Waals surface area contributed by atoms with Crippen LogP contribution in [-0.2, 0) is 0 Å². The SMILES string of the molecule is CCOc1ccc(C(Br)c2cc(C)c(C)s2)cc1. The lowest BCUT2D eigenvalue weighted by Crippen LogP contribution is -1.93. The van der Waals surface area contributed by atoms with Gasteiger partial charge in [-0.3, -0.25) is 0 Å². The van der Waals surface area contributed by atoms with Crippen molar-refractivity contribution < 1.29 is 4.74 Å². The quantitative estimate of drug-likeness (QED) is 0.698. The molecule has 2 aromatic rings. The zero-order chi connectivity index (χ0) is 13.1. The van der Waals surface area contributed by atoms with Gasteiger partial charge in [0.25, 0.3) is 0 Å². The molecule has 0 fully saturated rings. The number of aryl methyl sites for hydroxylation is 2. The molecule has 1 aromatic heterocycles. The first-order valence-corrected chi connectivity index (χ1v) is 7.78. The van der Waals surface area contributed by atoms with Crippen LogP contribution >= 0.6 is 27.3 Å². The fourth-order valence-corrected chi connectivity index (χ4v) is 3.56. The number of ether oxygens (including phenoxy) is 1. The van der Waals surface area contributed by atoms with Gasteiger partial charge >= 0.3 is 0 Å². The van der Waals surface area contributed by atoms with Gasteiger partial charge in [-0.2, -0.15) is 0 Å². The van der Waals surface area contributed by atoms with Crippen LogP contribution in [0.25, 0.3) is 0 Å².